The van der Waals surface area contributed by atoms with E-state index in [2.05, 4.69) is 50.2 Å². The molecular formula is C14H21N. The van der Waals surface area contributed by atoms with E-state index in [4.69, 9.17) is 0 Å². The predicted octanol–water partition coefficient (Wildman–Crippen LogP) is 3.19. The lowest BCUT2D eigenvalue weighted by Gasteiger charge is -2.19. The monoisotopic (exact) mass is 203 g/mol. The summed E-state index contributed by atoms with van der Waals surface area (Å²) in [5, 5.41) is 0. The van der Waals surface area contributed by atoms with Crippen LogP contribution in [0.1, 0.15) is 36.3 Å². The highest BCUT2D eigenvalue weighted by atomic mass is 15.1. The molecule has 2 atom stereocenters. The van der Waals surface area contributed by atoms with Crippen molar-refractivity contribution in [2.75, 3.05) is 14.1 Å². The number of hydrogen-bond acceptors (Lipinski definition) is 1. The van der Waals surface area contributed by atoms with Crippen molar-refractivity contribution in [3.63, 3.8) is 0 Å². The van der Waals surface area contributed by atoms with E-state index in [1.54, 1.807) is 5.56 Å². The summed E-state index contributed by atoms with van der Waals surface area (Å²) < 4.78 is 0. The molecule has 0 aliphatic heterocycles. The van der Waals surface area contributed by atoms with Crippen LogP contribution in [-0.2, 0) is 0 Å². The topological polar surface area (TPSA) is 3.24 Å². The molecule has 0 spiro atoms. The van der Waals surface area contributed by atoms with Crippen LogP contribution >= 0.6 is 0 Å². The fourth-order valence-electron chi connectivity index (χ4n) is 2.65. The molecule has 1 aliphatic carbocycles. The Morgan fingerprint density at radius 3 is 2.60 bits per heavy atom. The first-order chi connectivity index (χ1) is 7.16. The van der Waals surface area contributed by atoms with Crippen LogP contribution in [0.3, 0.4) is 0 Å². The number of hydrogen-bond donors (Lipinski definition) is 0. The Kier molecular flexibility index (Phi) is 3.11. The Morgan fingerprint density at radius 1 is 1.20 bits per heavy atom. The van der Waals surface area contributed by atoms with E-state index in [0.29, 0.717) is 0 Å². The molecule has 0 aromatic heterocycles. The molecule has 1 nitrogen and oxygen atoms in total. The van der Waals surface area contributed by atoms with Gasteiger partial charge < -0.3 is 4.90 Å². The van der Waals surface area contributed by atoms with E-state index >= 15 is 0 Å². The van der Waals surface area contributed by atoms with Crippen LogP contribution in [0.2, 0.25) is 0 Å². The normalized spacial score (nSPS) is 26.1. The van der Waals surface area contributed by atoms with E-state index in [0.717, 1.165) is 12.0 Å². The van der Waals surface area contributed by atoms with Crippen LogP contribution in [-0.4, -0.2) is 25.0 Å². The van der Waals surface area contributed by atoms with Gasteiger partial charge in [0, 0.05) is 6.04 Å². The van der Waals surface area contributed by atoms with Gasteiger partial charge in [-0.2, -0.15) is 0 Å². The van der Waals surface area contributed by atoms with Gasteiger partial charge in [-0.15, -0.1) is 0 Å². The number of rotatable bonds is 2. The molecule has 82 valence electrons. The Labute approximate surface area is 93.1 Å². The Bertz CT molecular complexity index is 330. The van der Waals surface area contributed by atoms with Crippen molar-refractivity contribution in [2.45, 2.75) is 38.1 Å². The maximum absolute atomic E-state index is 2.37. The van der Waals surface area contributed by atoms with Crippen LogP contribution in [0, 0.1) is 6.92 Å². The highest BCUT2D eigenvalue weighted by Gasteiger charge is 2.26. The van der Waals surface area contributed by atoms with Gasteiger partial charge in [-0.3, -0.25) is 0 Å². The van der Waals surface area contributed by atoms with Gasteiger partial charge in [0.25, 0.3) is 0 Å². The summed E-state index contributed by atoms with van der Waals surface area (Å²) in [7, 11) is 4.40. The number of benzene rings is 1. The molecule has 1 fully saturated rings. The van der Waals surface area contributed by atoms with Gasteiger partial charge in [0.05, 0.1) is 0 Å². The minimum Gasteiger partial charge on any atom is -0.306 e. The molecule has 0 saturated heterocycles. The zero-order chi connectivity index (χ0) is 10.8. The van der Waals surface area contributed by atoms with Crippen molar-refractivity contribution in [1.82, 2.24) is 4.90 Å². The van der Waals surface area contributed by atoms with Gasteiger partial charge in [0.15, 0.2) is 0 Å². The van der Waals surface area contributed by atoms with E-state index in [1.807, 2.05) is 0 Å². The minimum atomic E-state index is 0.788. The molecule has 1 aromatic rings. The average Bonchev–Trinajstić information content (AvgIpc) is 2.66. The smallest absolute Gasteiger partial charge is 0.00952 e. The summed E-state index contributed by atoms with van der Waals surface area (Å²) in [6.07, 6.45) is 4.04. The van der Waals surface area contributed by atoms with Crippen molar-refractivity contribution >= 4 is 0 Å². The number of nitrogens with zero attached hydrogens (tertiary/aromatic N) is 1. The standard InChI is InChI=1S/C14H21N/c1-11-5-4-6-12(9-11)13-7-8-14(10-13)15(2)3/h4-6,9,13-14H,7-8,10H2,1-3H3. The second kappa shape index (κ2) is 4.36. The molecule has 1 aromatic carbocycles. The van der Waals surface area contributed by atoms with Crippen LogP contribution < -0.4 is 0 Å². The van der Waals surface area contributed by atoms with Gasteiger partial charge in [-0.25, -0.2) is 0 Å². The molecule has 2 unspecified atom stereocenters. The highest BCUT2D eigenvalue weighted by molar-refractivity contribution is 5.26. The Balaban J connectivity index is 2.08. The van der Waals surface area contributed by atoms with Gasteiger partial charge in [-0.05, 0) is 51.8 Å². The van der Waals surface area contributed by atoms with E-state index in [9.17, 15) is 0 Å². The molecule has 15 heavy (non-hydrogen) atoms. The van der Waals surface area contributed by atoms with Crippen LogP contribution in [0.25, 0.3) is 0 Å². The minimum absolute atomic E-state index is 0.788. The summed E-state index contributed by atoms with van der Waals surface area (Å²) in [5.74, 6) is 0.789. The summed E-state index contributed by atoms with van der Waals surface area (Å²) >= 11 is 0. The Hall–Kier alpha value is -0.820. The first-order valence-electron chi connectivity index (χ1n) is 5.90. The molecule has 1 aliphatic rings. The molecule has 2 rings (SSSR count). The fraction of sp³-hybridized carbons (Fsp3) is 0.571. The third kappa shape index (κ3) is 2.40. The SMILES string of the molecule is Cc1cccc(C2CCC(N(C)C)C2)c1. The molecule has 0 bridgehead atoms. The number of aryl methyl sites for hydroxylation is 1. The van der Waals surface area contributed by atoms with Crippen LogP contribution in [0.15, 0.2) is 24.3 Å². The molecule has 0 amide bonds. The summed E-state index contributed by atoms with van der Waals surface area (Å²) in [4.78, 5) is 2.37. The Morgan fingerprint density at radius 2 is 2.00 bits per heavy atom. The van der Waals surface area contributed by atoms with Crippen molar-refractivity contribution in [3.05, 3.63) is 35.4 Å². The van der Waals surface area contributed by atoms with Crippen molar-refractivity contribution in [2.24, 2.45) is 0 Å². The molecular weight excluding hydrogens is 182 g/mol. The van der Waals surface area contributed by atoms with Gasteiger partial charge >= 0.3 is 0 Å². The van der Waals surface area contributed by atoms with Gasteiger partial charge in [0.2, 0.25) is 0 Å². The van der Waals surface area contributed by atoms with Gasteiger partial charge in [-0.1, -0.05) is 29.8 Å². The van der Waals surface area contributed by atoms with E-state index in [-0.39, 0.29) is 0 Å². The van der Waals surface area contributed by atoms with Crippen molar-refractivity contribution < 1.29 is 0 Å². The van der Waals surface area contributed by atoms with E-state index in [1.165, 1.54) is 24.8 Å². The molecule has 1 heteroatoms. The average molecular weight is 203 g/mol. The molecule has 1 saturated carbocycles. The lowest BCUT2D eigenvalue weighted by atomic mass is 9.96. The lowest BCUT2D eigenvalue weighted by molar-refractivity contribution is 0.296. The maximum Gasteiger partial charge on any atom is 0.00952 e. The summed E-state index contributed by atoms with van der Waals surface area (Å²) in [6, 6.07) is 9.80. The predicted molar refractivity (Wildman–Crippen MR) is 65.2 cm³/mol. The van der Waals surface area contributed by atoms with Gasteiger partial charge in [0.1, 0.15) is 0 Å². The third-order valence-electron chi connectivity index (χ3n) is 3.65. The molecule has 0 heterocycles. The second-order valence-electron chi connectivity index (χ2n) is 5.04. The fourth-order valence-corrected chi connectivity index (χ4v) is 2.65. The van der Waals surface area contributed by atoms with Crippen molar-refractivity contribution in [3.8, 4) is 0 Å². The lowest BCUT2D eigenvalue weighted by Crippen LogP contribution is -2.24. The second-order valence-corrected chi connectivity index (χ2v) is 5.04. The van der Waals surface area contributed by atoms with Crippen LogP contribution in [0.5, 0.6) is 0 Å². The largest absolute Gasteiger partial charge is 0.306 e. The quantitative estimate of drug-likeness (QED) is 0.713. The zero-order valence-electron chi connectivity index (χ0n) is 10.0. The van der Waals surface area contributed by atoms with Crippen molar-refractivity contribution in [1.29, 1.82) is 0 Å². The summed E-state index contributed by atoms with van der Waals surface area (Å²) in [5.41, 5.74) is 2.93. The third-order valence-corrected chi connectivity index (χ3v) is 3.65. The first kappa shape index (κ1) is 10.7. The maximum atomic E-state index is 2.37. The zero-order valence-corrected chi connectivity index (χ0v) is 10.0. The summed E-state index contributed by atoms with van der Waals surface area (Å²) in [6.45, 7) is 2.18. The molecule has 0 radical (unpaired) electrons. The van der Waals surface area contributed by atoms with E-state index < -0.39 is 0 Å². The first-order valence-corrected chi connectivity index (χ1v) is 5.90. The molecule has 0 N–H and O–H groups in total. The van der Waals surface area contributed by atoms with Crippen LogP contribution in [0.4, 0.5) is 0 Å². The highest BCUT2D eigenvalue weighted by Crippen LogP contribution is 2.36.